The molecule has 0 heterocycles. The van der Waals surface area contributed by atoms with Crippen LogP contribution in [-0.4, -0.2) is 11.6 Å². The molecule has 2 atom stereocenters. The first-order valence-corrected chi connectivity index (χ1v) is 11.3. The molecule has 0 spiro atoms. The van der Waals surface area contributed by atoms with Crippen LogP contribution in [0, 0.1) is 59.2 Å². The van der Waals surface area contributed by atoms with Crippen molar-refractivity contribution in [3.8, 4) is 5.75 Å². The van der Waals surface area contributed by atoms with Crippen molar-refractivity contribution in [1.82, 2.24) is 0 Å². The minimum atomic E-state index is -0.190. The Labute approximate surface area is 196 Å². The van der Waals surface area contributed by atoms with E-state index in [4.69, 9.17) is 16.3 Å². The van der Waals surface area contributed by atoms with Crippen molar-refractivity contribution in [2.45, 2.75) is 32.6 Å². The van der Waals surface area contributed by atoms with Crippen LogP contribution in [0.15, 0.2) is 30.3 Å². The molecule has 1 aliphatic carbocycles. The smallest absolute Gasteiger partial charge is 0.0743 e. The number of hydrogen-bond donors (Lipinski definition) is 0. The van der Waals surface area contributed by atoms with Gasteiger partial charge in [0.2, 0.25) is 0 Å². The van der Waals surface area contributed by atoms with Crippen molar-refractivity contribution in [2.24, 2.45) is 11.8 Å². The molecule has 1 unspecified atom stereocenters. The van der Waals surface area contributed by atoms with Gasteiger partial charge in [0.1, 0.15) is 0 Å². The molecule has 1 aliphatic rings. The Hall–Kier alpha value is 0.390. The number of rotatable bonds is 6. The zero-order chi connectivity index (χ0) is 17.1. The minimum absolute atomic E-state index is 0. The molecule has 0 fully saturated rings. The van der Waals surface area contributed by atoms with Gasteiger partial charge in [-0.1, -0.05) is 50.2 Å². The van der Waals surface area contributed by atoms with Crippen LogP contribution in [0.25, 0.3) is 0 Å². The Morgan fingerprint density at radius 1 is 1.32 bits per heavy atom. The summed E-state index contributed by atoms with van der Waals surface area (Å²) in [6.07, 6.45) is 4.65. The van der Waals surface area contributed by atoms with E-state index >= 15 is 0 Å². The van der Waals surface area contributed by atoms with Gasteiger partial charge in [-0.25, -0.2) is 0 Å². The van der Waals surface area contributed by atoms with E-state index in [-0.39, 0.29) is 58.5 Å². The molecule has 0 saturated carbocycles. The van der Waals surface area contributed by atoms with Crippen LogP contribution >= 0.6 is 32.3 Å². The SMILES string of the molecule is C=Ic1cc2c(cc1Cl)CC([C@H](C)CCc1cc[c-]c(OC)c1)C2.[Ho]. The van der Waals surface area contributed by atoms with Crippen molar-refractivity contribution in [3.63, 3.8) is 0 Å². The van der Waals surface area contributed by atoms with Gasteiger partial charge in [0.15, 0.2) is 0 Å². The second-order valence-electron chi connectivity index (χ2n) is 6.62. The normalized spacial score (nSPS) is 16.8. The summed E-state index contributed by atoms with van der Waals surface area (Å²) in [5.74, 6) is 2.25. The third-order valence-corrected chi connectivity index (χ3v) is 7.45. The monoisotopic (exact) mass is 618 g/mol. The fraction of sp³-hybridized carbons (Fsp3) is 0.381. The topological polar surface area (TPSA) is 9.23 Å². The largest absolute Gasteiger partial charge is 0.523 e. The molecule has 0 N–H and O–H groups in total. The second-order valence-corrected chi connectivity index (χ2v) is 8.95. The summed E-state index contributed by atoms with van der Waals surface area (Å²) in [6, 6.07) is 13.8. The van der Waals surface area contributed by atoms with Crippen molar-refractivity contribution >= 4 is 36.8 Å². The quantitative estimate of drug-likeness (QED) is 0.229. The van der Waals surface area contributed by atoms with Crippen LogP contribution < -0.4 is 4.74 Å². The summed E-state index contributed by atoms with van der Waals surface area (Å²) < 4.78 is 10.6. The standard InChI is InChI=1S/C21H23ClIO.Ho/c1-14(7-8-15-5-4-6-19(9-15)24-3)16-10-17-12-20(22)21(23-2)13-18(17)11-16;/h4-5,9,12-14,16H,2,7-8,10-11H2,1,3H3;/q-1;/t14-,16?;/m1./s1. The number of halogens is 2. The Morgan fingerprint density at radius 3 is 2.72 bits per heavy atom. The molecule has 0 saturated heterocycles. The number of aryl methyl sites for hydroxylation is 1. The maximum atomic E-state index is 6.38. The Morgan fingerprint density at radius 2 is 2.04 bits per heavy atom. The van der Waals surface area contributed by atoms with E-state index in [2.05, 4.69) is 41.8 Å². The van der Waals surface area contributed by atoms with Crippen molar-refractivity contribution < 1.29 is 42.5 Å². The van der Waals surface area contributed by atoms with Crippen LogP contribution in [-0.2, 0) is 19.3 Å². The van der Waals surface area contributed by atoms with Gasteiger partial charge in [0, 0.05) is 47.1 Å². The fourth-order valence-electron chi connectivity index (χ4n) is 3.54. The van der Waals surface area contributed by atoms with Gasteiger partial charge in [-0.05, 0) is 54.4 Å². The van der Waals surface area contributed by atoms with E-state index in [1.807, 2.05) is 6.07 Å². The molecule has 2 aromatic carbocycles. The van der Waals surface area contributed by atoms with Crippen LogP contribution in [0.4, 0.5) is 0 Å². The Bertz CT molecular complexity index is 747. The molecule has 0 amide bonds. The Kier molecular flexibility index (Phi) is 8.74. The van der Waals surface area contributed by atoms with Gasteiger partial charge in [0.25, 0.3) is 0 Å². The van der Waals surface area contributed by atoms with Crippen molar-refractivity contribution in [1.29, 1.82) is 0 Å². The van der Waals surface area contributed by atoms with Crippen molar-refractivity contribution in [2.75, 3.05) is 7.11 Å². The van der Waals surface area contributed by atoms with Gasteiger partial charge >= 0.3 is 0 Å². The number of fused-ring (bicyclic) bond motifs is 1. The van der Waals surface area contributed by atoms with Crippen LogP contribution in [0.5, 0.6) is 5.75 Å². The number of benzene rings is 2. The summed E-state index contributed by atoms with van der Waals surface area (Å²) in [7, 11) is 1.70. The maximum absolute atomic E-state index is 6.38. The third kappa shape index (κ3) is 5.44. The first-order valence-electron chi connectivity index (χ1n) is 8.35. The zero-order valence-corrected chi connectivity index (χ0v) is 19.4. The molecule has 25 heavy (non-hydrogen) atoms. The average molecular weight is 619 g/mol. The van der Waals surface area contributed by atoms with Crippen LogP contribution in [0.1, 0.15) is 30.0 Å². The van der Waals surface area contributed by atoms with Gasteiger partial charge in [0.05, 0.1) is 12.1 Å². The second kappa shape index (κ2) is 10.1. The summed E-state index contributed by atoms with van der Waals surface area (Å²) in [6.45, 7) is 2.39. The number of ether oxygens (including phenoxy) is 1. The third-order valence-electron chi connectivity index (χ3n) is 5.10. The van der Waals surface area contributed by atoms with Gasteiger partial charge in [-0.2, -0.15) is 17.7 Å². The molecule has 2 aromatic rings. The summed E-state index contributed by atoms with van der Waals surface area (Å²) in [5, 5.41) is 0.928. The molecule has 4 heteroatoms. The average Bonchev–Trinajstić information content (AvgIpc) is 3.01. The van der Waals surface area contributed by atoms with E-state index in [1.54, 1.807) is 7.11 Å². The fourth-order valence-corrected chi connectivity index (χ4v) is 5.18. The number of methoxy groups -OCH3 is 1. The Balaban J connectivity index is 0.00000225. The first-order chi connectivity index (χ1) is 11.6. The van der Waals surface area contributed by atoms with Crippen LogP contribution in [0.2, 0.25) is 5.02 Å². The predicted molar refractivity (Wildman–Crippen MR) is 112 cm³/mol. The number of hydrogen-bond acceptors (Lipinski definition) is 1. The molecule has 0 aromatic heterocycles. The van der Waals surface area contributed by atoms with E-state index in [0.717, 1.165) is 29.5 Å². The summed E-state index contributed by atoms with van der Waals surface area (Å²) >= 11 is 6.19. The van der Waals surface area contributed by atoms with E-state index < -0.39 is 0 Å². The minimum Gasteiger partial charge on any atom is -0.523 e. The van der Waals surface area contributed by atoms with Gasteiger partial charge < -0.3 is 4.74 Å². The van der Waals surface area contributed by atoms with E-state index in [9.17, 15) is 0 Å². The molecule has 0 bridgehead atoms. The summed E-state index contributed by atoms with van der Waals surface area (Å²) in [4.78, 5) is 0. The van der Waals surface area contributed by atoms with Crippen LogP contribution in [0.3, 0.4) is 0 Å². The van der Waals surface area contributed by atoms with Gasteiger partial charge in [-0.3, -0.25) is 0 Å². The first kappa shape index (κ1) is 21.7. The molecular weight excluding hydrogens is 596 g/mol. The van der Waals surface area contributed by atoms with Crippen molar-refractivity contribution in [3.05, 3.63) is 61.7 Å². The summed E-state index contributed by atoms with van der Waals surface area (Å²) in [5.41, 5.74) is 4.29. The molecule has 139 valence electrons. The van der Waals surface area contributed by atoms with E-state index in [0.29, 0.717) is 5.92 Å². The molecular formula is C21H23ClHoIO-. The van der Waals surface area contributed by atoms with E-state index in [1.165, 1.54) is 33.1 Å². The molecule has 1 radical (unpaired) electrons. The maximum Gasteiger partial charge on any atom is 0.0743 e. The predicted octanol–water partition coefficient (Wildman–Crippen LogP) is 5.70. The molecule has 1 nitrogen and oxygen atoms in total. The molecule has 3 rings (SSSR count). The van der Waals surface area contributed by atoms with Gasteiger partial charge in [-0.15, -0.1) is 12.1 Å². The zero-order valence-electron chi connectivity index (χ0n) is 14.5. The molecule has 0 aliphatic heterocycles.